The highest BCUT2D eigenvalue weighted by atomic mass is 35.5. The highest BCUT2D eigenvalue weighted by Crippen LogP contribution is 2.11. The summed E-state index contributed by atoms with van der Waals surface area (Å²) in [6, 6.07) is 7.66. The van der Waals surface area contributed by atoms with Crippen LogP contribution in [0.2, 0.25) is 5.02 Å². The van der Waals surface area contributed by atoms with Gasteiger partial charge in [0.1, 0.15) is 0 Å². The molecule has 1 aromatic rings. The molecular weight excluding hydrogens is 226 g/mol. The lowest BCUT2D eigenvalue weighted by Crippen LogP contribution is -2.30. The number of nitrogens with one attached hydrogen (secondary N) is 1. The molecule has 0 fully saturated rings. The summed E-state index contributed by atoms with van der Waals surface area (Å²) >= 11 is 5.80. The van der Waals surface area contributed by atoms with Gasteiger partial charge >= 0.3 is 0 Å². The van der Waals surface area contributed by atoms with Gasteiger partial charge in [0.05, 0.1) is 19.3 Å². The maximum Gasteiger partial charge on any atom is 0.0936 e. The minimum Gasteiger partial charge on any atom is -0.382 e. The molecule has 1 atom stereocenters. The van der Waals surface area contributed by atoms with E-state index in [4.69, 9.17) is 21.1 Å². The van der Waals surface area contributed by atoms with E-state index in [9.17, 15) is 0 Å². The summed E-state index contributed by atoms with van der Waals surface area (Å²) in [7, 11) is 3.57. The van der Waals surface area contributed by atoms with Crippen LogP contribution >= 0.6 is 11.6 Å². The minimum absolute atomic E-state index is 0.0747. The van der Waals surface area contributed by atoms with Crippen molar-refractivity contribution in [2.75, 3.05) is 27.3 Å². The third-order valence-corrected chi connectivity index (χ3v) is 2.44. The van der Waals surface area contributed by atoms with Crippen molar-refractivity contribution in [2.24, 2.45) is 0 Å². The van der Waals surface area contributed by atoms with Crippen LogP contribution in [0.4, 0.5) is 0 Å². The summed E-state index contributed by atoms with van der Waals surface area (Å²) in [6.45, 7) is 1.95. The second-order valence-corrected chi connectivity index (χ2v) is 4.01. The van der Waals surface area contributed by atoms with Crippen LogP contribution in [0.5, 0.6) is 0 Å². The van der Waals surface area contributed by atoms with Crippen molar-refractivity contribution < 1.29 is 9.47 Å². The van der Waals surface area contributed by atoms with E-state index in [1.807, 2.05) is 31.3 Å². The first-order chi connectivity index (χ1) is 7.76. The molecule has 0 radical (unpaired) electrons. The largest absolute Gasteiger partial charge is 0.382 e. The number of ether oxygens (including phenoxy) is 2. The van der Waals surface area contributed by atoms with E-state index in [2.05, 4.69) is 5.32 Å². The molecule has 0 aliphatic carbocycles. The van der Waals surface area contributed by atoms with Crippen molar-refractivity contribution >= 4 is 11.6 Å². The number of rotatable bonds is 7. The van der Waals surface area contributed by atoms with Gasteiger partial charge in [0.15, 0.2) is 0 Å². The molecule has 0 aliphatic rings. The van der Waals surface area contributed by atoms with E-state index in [0.717, 1.165) is 17.1 Å². The topological polar surface area (TPSA) is 30.5 Å². The fraction of sp³-hybridized carbons (Fsp3) is 0.500. The summed E-state index contributed by atoms with van der Waals surface area (Å²) < 4.78 is 10.8. The van der Waals surface area contributed by atoms with Gasteiger partial charge in [-0.15, -0.1) is 0 Å². The molecule has 3 nitrogen and oxygen atoms in total. The smallest absolute Gasteiger partial charge is 0.0936 e. The van der Waals surface area contributed by atoms with Gasteiger partial charge in [0.2, 0.25) is 0 Å². The summed E-state index contributed by atoms with van der Waals surface area (Å²) in [5.41, 5.74) is 1.11. The average molecular weight is 244 g/mol. The van der Waals surface area contributed by atoms with Crippen molar-refractivity contribution in [3.05, 3.63) is 34.9 Å². The zero-order valence-electron chi connectivity index (χ0n) is 9.70. The first-order valence-electron chi connectivity index (χ1n) is 5.26. The molecule has 1 N–H and O–H groups in total. The molecule has 1 rings (SSSR count). The molecule has 16 heavy (non-hydrogen) atoms. The van der Waals surface area contributed by atoms with Crippen LogP contribution in [0.15, 0.2) is 24.3 Å². The minimum atomic E-state index is 0.0747. The van der Waals surface area contributed by atoms with Crippen molar-refractivity contribution in [1.82, 2.24) is 5.32 Å². The first-order valence-corrected chi connectivity index (χ1v) is 5.63. The molecule has 90 valence electrons. The predicted molar refractivity (Wildman–Crippen MR) is 65.8 cm³/mol. The molecule has 4 heteroatoms. The second kappa shape index (κ2) is 7.63. The molecule has 1 unspecified atom stereocenters. The molecule has 0 aliphatic heterocycles. The predicted octanol–water partition coefficient (Wildman–Crippen LogP) is 2.09. The van der Waals surface area contributed by atoms with E-state index in [1.54, 1.807) is 7.11 Å². The Kier molecular flexibility index (Phi) is 6.42. The second-order valence-electron chi connectivity index (χ2n) is 3.57. The van der Waals surface area contributed by atoms with E-state index >= 15 is 0 Å². The lowest BCUT2D eigenvalue weighted by atomic mass is 10.2. The van der Waals surface area contributed by atoms with E-state index < -0.39 is 0 Å². The van der Waals surface area contributed by atoms with Crippen LogP contribution in [0, 0.1) is 0 Å². The maximum absolute atomic E-state index is 5.80. The monoisotopic (exact) mass is 243 g/mol. The third kappa shape index (κ3) is 4.94. The Bertz CT molecular complexity index is 284. The molecule has 0 saturated carbocycles. The van der Waals surface area contributed by atoms with Crippen molar-refractivity contribution in [3.8, 4) is 0 Å². The lowest BCUT2D eigenvalue weighted by Gasteiger charge is -2.16. The fourth-order valence-electron chi connectivity index (χ4n) is 1.37. The first kappa shape index (κ1) is 13.5. The Balaban J connectivity index is 2.38. The SMILES string of the molecule is CNCC(COC)OCc1ccc(Cl)cc1. The number of benzene rings is 1. The summed E-state index contributed by atoms with van der Waals surface area (Å²) in [6.07, 6.45) is 0.0747. The van der Waals surface area contributed by atoms with Gasteiger partial charge < -0.3 is 14.8 Å². The van der Waals surface area contributed by atoms with Crippen molar-refractivity contribution in [2.45, 2.75) is 12.7 Å². The van der Waals surface area contributed by atoms with Gasteiger partial charge in [0, 0.05) is 18.7 Å². The zero-order chi connectivity index (χ0) is 11.8. The number of hydrogen-bond donors (Lipinski definition) is 1. The molecule has 0 spiro atoms. The lowest BCUT2D eigenvalue weighted by molar-refractivity contribution is -0.00919. The molecule has 0 saturated heterocycles. The van der Waals surface area contributed by atoms with Gasteiger partial charge in [-0.1, -0.05) is 23.7 Å². The normalized spacial score (nSPS) is 12.7. The van der Waals surface area contributed by atoms with E-state index in [1.165, 1.54) is 0 Å². The van der Waals surface area contributed by atoms with E-state index in [0.29, 0.717) is 13.2 Å². The molecule has 0 amide bonds. The number of likely N-dealkylation sites (N-methyl/N-ethyl adjacent to an activating group) is 1. The standard InChI is InChI=1S/C12H18ClNO2/c1-14-7-12(9-15-2)16-8-10-3-5-11(13)6-4-10/h3-6,12,14H,7-9H2,1-2H3. The molecular formula is C12H18ClNO2. The van der Waals surface area contributed by atoms with Crippen LogP contribution in [0.25, 0.3) is 0 Å². The molecule has 0 bridgehead atoms. The molecule has 1 aromatic carbocycles. The molecule has 0 heterocycles. The van der Waals surface area contributed by atoms with Crippen LogP contribution in [0.1, 0.15) is 5.56 Å². The van der Waals surface area contributed by atoms with Gasteiger partial charge in [-0.05, 0) is 24.7 Å². The number of methoxy groups -OCH3 is 1. The zero-order valence-corrected chi connectivity index (χ0v) is 10.5. The Morgan fingerprint density at radius 1 is 1.31 bits per heavy atom. The van der Waals surface area contributed by atoms with Crippen LogP contribution in [-0.2, 0) is 16.1 Å². The highest BCUT2D eigenvalue weighted by Gasteiger charge is 2.07. The average Bonchev–Trinajstić information content (AvgIpc) is 2.29. The Labute approximate surface area is 102 Å². The Morgan fingerprint density at radius 2 is 2.00 bits per heavy atom. The summed E-state index contributed by atoms with van der Waals surface area (Å²) in [5.74, 6) is 0. The Hall–Kier alpha value is -0.610. The van der Waals surface area contributed by atoms with Crippen molar-refractivity contribution in [1.29, 1.82) is 0 Å². The quantitative estimate of drug-likeness (QED) is 0.796. The third-order valence-electron chi connectivity index (χ3n) is 2.18. The van der Waals surface area contributed by atoms with Crippen molar-refractivity contribution in [3.63, 3.8) is 0 Å². The summed E-state index contributed by atoms with van der Waals surface area (Å²) in [5, 5.41) is 3.81. The van der Waals surface area contributed by atoms with Crippen LogP contribution < -0.4 is 5.32 Å². The van der Waals surface area contributed by atoms with Gasteiger partial charge in [-0.2, -0.15) is 0 Å². The number of halogens is 1. The van der Waals surface area contributed by atoms with Gasteiger partial charge in [-0.3, -0.25) is 0 Å². The van der Waals surface area contributed by atoms with Crippen LogP contribution in [0.3, 0.4) is 0 Å². The molecule has 0 aromatic heterocycles. The Morgan fingerprint density at radius 3 is 2.56 bits per heavy atom. The highest BCUT2D eigenvalue weighted by molar-refractivity contribution is 6.30. The summed E-state index contributed by atoms with van der Waals surface area (Å²) in [4.78, 5) is 0. The maximum atomic E-state index is 5.80. The van der Waals surface area contributed by atoms with Gasteiger partial charge in [0.25, 0.3) is 0 Å². The van der Waals surface area contributed by atoms with Crippen LogP contribution in [-0.4, -0.2) is 33.4 Å². The fourth-order valence-corrected chi connectivity index (χ4v) is 1.50. The number of hydrogen-bond acceptors (Lipinski definition) is 3. The van der Waals surface area contributed by atoms with E-state index in [-0.39, 0.29) is 6.10 Å². The van der Waals surface area contributed by atoms with Gasteiger partial charge in [-0.25, -0.2) is 0 Å².